The SMILES string of the molecule is O=C(Cn1cc(/C=N\OCc2cccc([N+](=O)[O-])c2)c2ccccc21)Nc1ccc(F)cc1. The van der Waals surface area contributed by atoms with E-state index in [0.29, 0.717) is 11.3 Å². The number of nitro groups is 1. The second kappa shape index (κ2) is 9.73. The number of nitro benzene ring substituents is 1. The molecule has 1 N–H and O–H groups in total. The Hall–Kier alpha value is -4.53. The number of hydrogen-bond acceptors (Lipinski definition) is 5. The van der Waals surface area contributed by atoms with Crippen LogP contribution in [0.3, 0.4) is 0 Å². The summed E-state index contributed by atoms with van der Waals surface area (Å²) < 4.78 is 14.8. The number of non-ortho nitro benzene ring substituents is 1. The highest BCUT2D eigenvalue weighted by molar-refractivity contribution is 6.00. The van der Waals surface area contributed by atoms with Gasteiger partial charge in [-0.1, -0.05) is 35.5 Å². The van der Waals surface area contributed by atoms with Gasteiger partial charge in [-0.15, -0.1) is 0 Å². The van der Waals surface area contributed by atoms with Gasteiger partial charge in [0.1, 0.15) is 19.0 Å². The number of carbonyl (C=O) groups excluding carboxylic acids is 1. The molecule has 0 fully saturated rings. The molecule has 8 nitrogen and oxygen atoms in total. The van der Waals surface area contributed by atoms with Crippen LogP contribution in [0.4, 0.5) is 15.8 Å². The molecule has 0 radical (unpaired) electrons. The Morgan fingerprint density at radius 3 is 2.70 bits per heavy atom. The van der Waals surface area contributed by atoms with Crippen molar-refractivity contribution in [2.45, 2.75) is 13.2 Å². The van der Waals surface area contributed by atoms with E-state index in [2.05, 4.69) is 10.5 Å². The fourth-order valence-electron chi connectivity index (χ4n) is 3.36. The quantitative estimate of drug-likeness (QED) is 0.237. The molecule has 0 saturated carbocycles. The van der Waals surface area contributed by atoms with Crippen molar-refractivity contribution in [3.63, 3.8) is 0 Å². The number of fused-ring (bicyclic) bond motifs is 1. The van der Waals surface area contributed by atoms with Crippen LogP contribution in [0.2, 0.25) is 0 Å². The summed E-state index contributed by atoms with van der Waals surface area (Å²) in [6.45, 7) is 0.136. The number of aromatic nitrogens is 1. The van der Waals surface area contributed by atoms with Crippen molar-refractivity contribution in [2.24, 2.45) is 5.16 Å². The maximum atomic E-state index is 13.1. The van der Waals surface area contributed by atoms with E-state index in [1.807, 2.05) is 24.3 Å². The van der Waals surface area contributed by atoms with Gasteiger partial charge in [-0.05, 0) is 35.9 Å². The van der Waals surface area contributed by atoms with E-state index in [1.165, 1.54) is 42.6 Å². The van der Waals surface area contributed by atoms with Gasteiger partial charge in [0.15, 0.2) is 0 Å². The lowest BCUT2D eigenvalue weighted by Gasteiger charge is -2.07. The van der Waals surface area contributed by atoms with E-state index in [-0.39, 0.29) is 30.6 Å². The molecule has 4 aromatic rings. The summed E-state index contributed by atoms with van der Waals surface area (Å²) in [7, 11) is 0. The minimum Gasteiger partial charge on any atom is -0.391 e. The van der Waals surface area contributed by atoms with Crippen LogP contribution in [-0.4, -0.2) is 21.6 Å². The van der Waals surface area contributed by atoms with Crippen molar-refractivity contribution in [1.29, 1.82) is 0 Å². The summed E-state index contributed by atoms with van der Waals surface area (Å²) in [6, 6.07) is 19.3. The fourth-order valence-corrected chi connectivity index (χ4v) is 3.36. The van der Waals surface area contributed by atoms with Gasteiger partial charge in [0.25, 0.3) is 5.69 Å². The Bertz CT molecular complexity index is 1330. The molecule has 0 bridgehead atoms. The Morgan fingerprint density at radius 1 is 1.12 bits per heavy atom. The van der Waals surface area contributed by atoms with Crippen LogP contribution in [-0.2, 0) is 22.8 Å². The Morgan fingerprint density at radius 2 is 1.91 bits per heavy atom. The number of amides is 1. The lowest BCUT2D eigenvalue weighted by atomic mass is 10.2. The van der Waals surface area contributed by atoms with E-state index >= 15 is 0 Å². The average Bonchev–Trinajstić information content (AvgIpc) is 3.16. The van der Waals surface area contributed by atoms with E-state index < -0.39 is 4.92 Å². The number of para-hydroxylation sites is 1. The van der Waals surface area contributed by atoms with Crippen LogP contribution in [0.5, 0.6) is 0 Å². The predicted octanol–water partition coefficient (Wildman–Crippen LogP) is 4.88. The number of benzene rings is 3. The van der Waals surface area contributed by atoms with Gasteiger partial charge < -0.3 is 14.7 Å². The van der Waals surface area contributed by atoms with Crippen LogP contribution in [0.1, 0.15) is 11.1 Å². The molecule has 1 heterocycles. The standard InChI is InChI=1S/C24H19FN4O4/c25-19-8-10-20(11-9-19)27-24(30)15-28-14-18(22-6-1-2-7-23(22)28)13-26-33-16-17-4-3-5-21(12-17)29(31)32/h1-14H,15-16H2,(H,27,30)/b26-13-. The highest BCUT2D eigenvalue weighted by Gasteiger charge is 2.11. The summed E-state index contributed by atoms with van der Waals surface area (Å²) in [5.41, 5.74) is 2.71. The van der Waals surface area contributed by atoms with Gasteiger partial charge in [-0.2, -0.15) is 0 Å². The number of hydrogen-bond donors (Lipinski definition) is 1. The Kier molecular flexibility index (Phi) is 6.40. The molecule has 0 aliphatic rings. The predicted molar refractivity (Wildman–Crippen MR) is 122 cm³/mol. The normalized spacial score (nSPS) is 11.1. The molecule has 0 unspecified atom stereocenters. The molecule has 0 spiro atoms. The molecule has 33 heavy (non-hydrogen) atoms. The van der Waals surface area contributed by atoms with Crippen molar-refractivity contribution in [3.05, 3.63) is 106 Å². The minimum atomic E-state index is -0.464. The van der Waals surface area contributed by atoms with E-state index in [1.54, 1.807) is 22.9 Å². The topological polar surface area (TPSA) is 98.8 Å². The first-order valence-electron chi connectivity index (χ1n) is 10.0. The Balaban J connectivity index is 1.45. The zero-order chi connectivity index (χ0) is 23.2. The first kappa shape index (κ1) is 21.7. The molecule has 1 aromatic heterocycles. The van der Waals surface area contributed by atoms with E-state index in [9.17, 15) is 19.3 Å². The van der Waals surface area contributed by atoms with Gasteiger partial charge in [0.05, 0.1) is 11.1 Å². The molecule has 0 atom stereocenters. The first-order valence-corrected chi connectivity index (χ1v) is 10.0. The summed E-state index contributed by atoms with van der Waals surface area (Å²) in [4.78, 5) is 28.2. The van der Waals surface area contributed by atoms with Crippen LogP contribution in [0, 0.1) is 15.9 Å². The summed E-state index contributed by atoms with van der Waals surface area (Å²) in [6.07, 6.45) is 3.32. The number of oxime groups is 1. The van der Waals surface area contributed by atoms with Gasteiger partial charge in [0, 0.05) is 40.5 Å². The third-order valence-corrected chi connectivity index (χ3v) is 4.88. The zero-order valence-electron chi connectivity index (χ0n) is 17.3. The Labute approximate surface area is 188 Å². The molecule has 4 rings (SSSR count). The smallest absolute Gasteiger partial charge is 0.269 e. The van der Waals surface area contributed by atoms with Gasteiger partial charge >= 0.3 is 0 Å². The zero-order valence-corrected chi connectivity index (χ0v) is 17.3. The van der Waals surface area contributed by atoms with E-state index in [4.69, 9.17) is 4.84 Å². The first-order chi connectivity index (χ1) is 16.0. The monoisotopic (exact) mass is 446 g/mol. The van der Waals surface area contributed by atoms with Crippen molar-refractivity contribution in [1.82, 2.24) is 4.57 Å². The lowest BCUT2D eigenvalue weighted by Crippen LogP contribution is -2.18. The van der Waals surface area contributed by atoms with Crippen molar-refractivity contribution in [2.75, 3.05) is 5.32 Å². The molecule has 0 aliphatic heterocycles. The largest absolute Gasteiger partial charge is 0.391 e. The summed E-state index contributed by atoms with van der Waals surface area (Å²) in [5, 5.41) is 18.5. The second-order valence-corrected chi connectivity index (χ2v) is 7.22. The van der Waals surface area contributed by atoms with Crippen LogP contribution >= 0.6 is 0 Å². The maximum Gasteiger partial charge on any atom is 0.269 e. The van der Waals surface area contributed by atoms with Gasteiger partial charge in [-0.3, -0.25) is 14.9 Å². The molecule has 9 heteroatoms. The molecule has 0 aliphatic carbocycles. The lowest BCUT2D eigenvalue weighted by molar-refractivity contribution is -0.384. The molecular weight excluding hydrogens is 427 g/mol. The van der Waals surface area contributed by atoms with Crippen LogP contribution in [0.15, 0.2) is 84.1 Å². The molecule has 3 aromatic carbocycles. The number of nitrogens with one attached hydrogen (secondary N) is 1. The third-order valence-electron chi connectivity index (χ3n) is 4.88. The van der Waals surface area contributed by atoms with Gasteiger partial charge in [-0.25, -0.2) is 4.39 Å². The second-order valence-electron chi connectivity index (χ2n) is 7.22. The number of halogens is 1. The van der Waals surface area contributed by atoms with Gasteiger partial charge in [0.2, 0.25) is 5.91 Å². The fraction of sp³-hybridized carbons (Fsp3) is 0.0833. The molecule has 1 amide bonds. The number of rotatable bonds is 8. The average molecular weight is 446 g/mol. The number of nitrogens with zero attached hydrogens (tertiary/aromatic N) is 3. The summed E-state index contributed by atoms with van der Waals surface area (Å²) in [5.74, 6) is -0.631. The summed E-state index contributed by atoms with van der Waals surface area (Å²) >= 11 is 0. The molecule has 0 saturated heterocycles. The van der Waals surface area contributed by atoms with Crippen molar-refractivity contribution >= 4 is 34.4 Å². The highest BCUT2D eigenvalue weighted by atomic mass is 19.1. The van der Waals surface area contributed by atoms with Crippen molar-refractivity contribution < 1.29 is 18.9 Å². The van der Waals surface area contributed by atoms with E-state index in [0.717, 1.165) is 16.5 Å². The van der Waals surface area contributed by atoms with Crippen LogP contribution in [0.25, 0.3) is 10.9 Å². The molecular formula is C24H19FN4O4. The van der Waals surface area contributed by atoms with Crippen LogP contribution < -0.4 is 5.32 Å². The molecule has 166 valence electrons. The maximum absolute atomic E-state index is 13.1. The minimum absolute atomic E-state index is 0.0120. The van der Waals surface area contributed by atoms with Crippen molar-refractivity contribution in [3.8, 4) is 0 Å². The highest BCUT2D eigenvalue weighted by Crippen LogP contribution is 2.21. The third kappa shape index (κ3) is 5.40. The number of carbonyl (C=O) groups is 1. The number of anilines is 1.